The predicted octanol–water partition coefficient (Wildman–Crippen LogP) is 1.99. The number of nitrogens with zero attached hydrogens (tertiary/aromatic N) is 8. The van der Waals surface area contributed by atoms with Crippen molar-refractivity contribution in [2.24, 2.45) is 64.6 Å². The molecule has 0 aliphatic heterocycles. The molecular weight excluding hydrogens is 751 g/mol. The first-order valence-electron chi connectivity index (χ1n) is 15.6. The van der Waals surface area contributed by atoms with E-state index in [0.29, 0.717) is 47.0 Å². The molecule has 0 aliphatic carbocycles. The van der Waals surface area contributed by atoms with Gasteiger partial charge in [0.2, 0.25) is 15.4 Å². The van der Waals surface area contributed by atoms with E-state index in [1.165, 1.54) is 41.1 Å². The average molecular weight is 798 g/mol. The fourth-order valence-corrected chi connectivity index (χ4v) is 6.38. The number of hydrogen-bond acceptors (Lipinski definition) is 14. The summed E-state index contributed by atoms with van der Waals surface area (Å²) in [4.78, 5) is 24.3. The molecule has 0 amide bonds. The van der Waals surface area contributed by atoms with Crippen LogP contribution in [0.5, 0.6) is 0 Å². The van der Waals surface area contributed by atoms with Crippen molar-refractivity contribution in [3.63, 3.8) is 0 Å². The highest BCUT2D eigenvalue weighted by atomic mass is 32.2. The Balaban J connectivity index is 0.000000394. The number of aliphatic imine (C=N–C) groups is 3. The Bertz CT molecular complexity index is 1780. The van der Waals surface area contributed by atoms with Gasteiger partial charge >= 0.3 is 10.2 Å². The minimum Gasteiger partial charge on any atom is -0.484 e. The van der Waals surface area contributed by atoms with E-state index in [1.807, 2.05) is 16.1 Å². The lowest BCUT2D eigenvalue weighted by atomic mass is 10.1. The zero-order valence-electron chi connectivity index (χ0n) is 28.8. The fourth-order valence-electron chi connectivity index (χ4n) is 3.74. The molecule has 0 spiro atoms. The van der Waals surface area contributed by atoms with Crippen LogP contribution in [0, 0.1) is 16.7 Å². The van der Waals surface area contributed by atoms with E-state index in [2.05, 4.69) is 40.4 Å². The van der Waals surface area contributed by atoms with Gasteiger partial charge < -0.3 is 44.9 Å². The van der Waals surface area contributed by atoms with Crippen molar-refractivity contribution in [1.82, 2.24) is 15.0 Å². The molecule has 0 saturated carbocycles. The molecule has 0 fully saturated rings. The van der Waals surface area contributed by atoms with Crippen molar-refractivity contribution in [3.8, 4) is 6.07 Å². The maximum Gasteiger partial charge on any atom is 0.318 e. The highest BCUT2D eigenvalue weighted by Crippen LogP contribution is 2.21. The van der Waals surface area contributed by atoms with Gasteiger partial charge in [0.25, 0.3) is 0 Å². The maximum atomic E-state index is 10.7. The van der Waals surface area contributed by atoms with Gasteiger partial charge in [0.05, 0.1) is 30.3 Å². The number of hydrogen-bond donors (Lipinski definition) is 9. The Labute approximate surface area is 314 Å². The summed E-state index contributed by atoms with van der Waals surface area (Å²) in [6, 6.07) is 2.11. The van der Waals surface area contributed by atoms with Gasteiger partial charge in [-0.1, -0.05) is 0 Å². The monoisotopic (exact) mass is 797 g/mol. The van der Waals surface area contributed by atoms with Crippen LogP contribution in [0.15, 0.2) is 35.5 Å². The number of amidine groups is 1. The Kier molecular flexibility index (Phi) is 21.7. The van der Waals surface area contributed by atoms with Gasteiger partial charge in [-0.2, -0.15) is 28.7 Å². The highest BCUT2D eigenvalue weighted by Gasteiger charge is 2.05. The molecule has 3 heterocycles. The standard InChI is InChI=1S/C10H17N5OS.C9H17N7O2S2.C9H13N5S/c1-16-8(11)5-3-2-4-7-6-17-10(14-7)15-9(12)13;10-7(16-20(13,17)18)4-2-1-3-6-5-19-9(14-6)15-8(11)12;10-5-3-1-2-4-7-6-15-9(13-7)14-8(11)12/h6,11H,2-5H2,1H3,(H4,12,13,14,15);5H,1-4H2,(H2,10,16)(H2,13,17,18)(H4,11,12,14,15);6H,1-4H2,(H4,11,12,13,14). The van der Waals surface area contributed by atoms with Gasteiger partial charge in [-0.05, 0) is 57.8 Å². The van der Waals surface area contributed by atoms with Crippen LogP contribution in [-0.2, 0) is 34.2 Å². The second kappa shape index (κ2) is 25.1. The first-order valence-corrected chi connectivity index (χ1v) is 19.7. The van der Waals surface area contributed by atoms with Crippen molar-refractivity contribution >= 4 is 89.2 Å². The van der Waals surface area contributed by atoms with E-state index < -0.39 is 10.2 Å². The zero-order chi connectivity index (χ0) is 38.9. The van der Waals surface area contributed by atoms with Crippen LogP contribution < -0.4 is 45.3 Å². The van der Waals surface area contributed by atoms with E-state index in [4.69, 9.17) is 60.7 Å². The van der Waals surface area contributed by atoms with Crippen LogP contribution in [0.3, 0.4) is 0 Å². The summed E-state index contributed by atoms with van der Waals surface area (Å²) < 4.78 is 29.3. The quantitative estimate of drug-likeness (QED) is 0.0505. The number of aryl methyl sites for hydroxylation is 3. The lowest BCUT2D eigenvalue weighted by Crippen LogP contribution is -2.21. The smallest absolute Gasteiger partial charge is 0.318 e. The number of methoxy groups -OCH3 is 1. The van der Waals surface area contributed by atoms with Crippen molar-refractivity contribution in [1.29, 1.82) is 10.7 Å². The van der Waals surface area contributed by atoms with Gasteiger partial charge in [0.1, 0.15) is 5.84 Å². The molecular formula is C28H47N17O3S4. The third-order valence-electron chi connectivity index (χ3n) is 5.96. The molecule has 3 aromatic heterocycles. The first kappa shape index (κ1) is 45.1. The molecule has 3 aromatic rings. The zero-order valence-corrected chi connectivity index (χ0v) is 32.0. The minimum atomic E-state index is -3.91. The molecule has 17 N–H and O–H groups in total. The molecule has 3 rings (SSSR count). The SMILES string of the molecule is COC(=N)CCCCc1csc(N=C(N)N)n1.N#CCCCCc1csc(N=C(N)N)n1.NC(N)=Nc1nc(CCCCC(N)=NS(N)(=O)=O)cs1. The van der Waals surface area contributed by atoms with Crippen molar-refractivity contribution < 1.29 is 13.2 Å². The van der Waals surface area contributed by atoms with Crippen LogP contribution in [0.2, 0.25) is 0 Å². The van der Waals surface area contributed by atoms with E-state index in [1.54, 1.807) is 0 Å². The summed E-state index contributed by atoms with van der Waals surface area (Å²) >= 11 is 4.19. The molecule has 0 unspecified atom stereocenters. The van der Waals surface area contributed by atoms with Crippen molar-refractivity contribution in [3.05, 3.63) is 33.2 Å². The van der Waals surface area contributed by atoms with E-state index in [-0.39, 0.29) is 23.7 Å². The van der Waals surface area contributed by atoms with E-state index in [0.717, 1.165) is 68.4 Å². The molecule has 52 heavy (non-hydrogen) atoms. The molecule has 286 valence electrons. The third-order valence-corrected chi connectivity index (χ3v) is 8.80. The molecule has 0 atom stereocenters. The third kappa shape index (κ3) is 23.4. The van der Waals surface area contributed by atoms with Gasteiger partial charge in [-0.3, -0.25) is 5.41 Å². The molecule has 24 heteroatoms. The summed E-state index contributed by atoms with van der Waals surface area (Å²) in [6.07, 6.45) is 9.33. The number of nitrogens with one attached hydrogen (secondary N) is 1. The fraction of sp³-hybridized carbons (Fsp3) is 0.464. The summed E-state index contributed by atoms with van der Waals surface area (Å²) in [5, 5.41) is 27.9. The summed E-state index contributed by atoms with van der Waals surface area (Å²) in [5.41, 5.74) is 39.8. The van der Waals surface area contributed by atoms with Crippen LogP contribution in [0.25, 0.3) is 0 Å². The number of guanidine groups is 3. The summed E-state index contributed by atoms with van der Waals surface area (Å²) in [6.45, 7) is 0. The van der Waals surface area contributed by atoms with Crippen molar-refractivity contribution in [2.75, 3.05) is 7.11 Å². The number of nitriles is 1. The molecule has 0 bridgehead atoms. The van der Waals surface area contributed by atoms with Gasteiger partial charge in [-0.25, -0.2) is 20.1 Å². The Morgan fingerprint density at radius 2 is 1.12 bits per heavy atom. The predicted molar refractivity (Wildman–Crippen MR) is 210 cm³/mol. The van der Waals surface area contributed by atoms with Crippen molar-refractivity contribution in [2.45, 2.75) is 77.0 Å². The van der Waals surface area contributed by atoms with Crippen LogP contribution in [0.4, 0.5) is 15.4 Å². The van der Waals surface area contributed by atoms with Gasteiger partial charge in [0, 0.05) is 35.4 Å². The lowest BCUT2D eigenvalue weighted by Gasteiger charge is -2.00. The molecule has 0 aliphatic rings. The largest absolute Gasteiger partial charge is 0.484 e. The Morgan fingerprint density at radius 3 is 1.46 bits per heavy atom. The second-order valence-corrected chi connectivity index (χ2v) is 14.2. The highest BCUT2D eigenvalue weighted by molar-refractivity contribution is 7.88. The summed E-state index contributed by atoms with van der Waals surface area (Å²) in [7, 11) is -2.39. The van der Waals surface area contributed by atoms with Crippen LogP contribution in [0.1, 0.15) is 74.9 Å². The van der Waals surface area contributed by atoms with Gasteiger partial charge in [-0.15, -0.1) is 38.4 Å². The van der Waals surface area contributed by atoms with E-state index in [9.17, 15) is 8.42 Å². The number of ether oxygens (including phenoxy) is 1. The molecule has 0 saturated heterocycles. The normalized spacial score (nSPS) is 10.8. The number of rotatable bonds is 18. The maximum absolute atomic E-state index is 10.7. The second-order valence-electron chi connectivity index (χ2n) is 10.5. The average Bonchev–Trinajstić information content (AvgIpc) is 3.80. The molecule has 0 radical (unpaired) electrons. The van der Waals surface area contributed by atoms with E-state index >= 15 is 0 Å². The molecule has 20 nitrogen and oxygen atoms in total. The van der Waals surface area contributed by atoms with Crippen LogP contribution >= 0.6 is 34.0 Å². The summed E-state index contributed by atoms with van der Waals surface area (Å²) in [5.74, 6) is 0.356. The number of unbranched alkanes of at least 4 members (excludes halogenated alkanes) is 4. The number of thiazole rings is 3. The Morgan fingerprint density at radius 1 is 0.731 bits per heavy atom. The molecule has 0 aromatic carbocycles. The topological polar surface area (TPSA) is 387 Å². The minimum absolute atomic E-state index is 0.00646. The number of aromatic nitrogens is 3. The number of nitrogens with two attached hydrogens (primary N) is 8. The van der Waals surface area contributed by atoms with Crippen LogP contribution in [-0.4, -0.2) is 60.1 Å². The first-order chi connectivity index (χ1) is 24.6. The Hall–Kier alpha value is -4.96. The lowest BCUT2D eigenvalue weighted by molar-refractivity contribution is 0.383. The van der Waals surface area contributed by atoms with Gasteiger partial charge in [0.15, 0.2) is 23.8 Å².